The van der Waals surface area contributed by atoms with Gasteiger partial charge in [-0.25, -0.2) is 24.7 Å². The Hall–Kier alpha value is -3.76. The van der Waals surface area contributed by atoms with Crippen molar-refractivity contribution >= 4 is 40.5 Å². The number of aromatic nitrogens is 5. The highest BCUT2D eigenvalue weighted by atomic mass is 35.5. The molecule has 5 rings (SSSR count). The number of carbonyl (C=O) groups is 1. The molecule has 38 heavy (non-hydrogen) atoms. The van der Waals surface area contributed by atoms with Gasteiger partial charge in [0, 0.05) is 50.6 Å². The van der Waals surface area contributed by atoms with Crippen molar-refractivity contribution in [3.63, 3.8) is 0 Å². The Morgan fingerprint density at radius 2 is 1.87 bits per heavy atom. The zero-order valence-electron chi connectivity index (χ0n) is 22.0. The fraction of sp³-hybridized carbons (Fsp3) is 0.370. The topological polar surface area (TPSA) is 112 Å². The van der Waals surface area contributed by atoms with Gasteiger partial charge < -0.3 is 19.9 Å². The first-order chi connectivity index (χ1) is 18.1. The van der Waals surface area contributed by atoms with Crippen molar-refractivity contribution in [1.29, 1.82) is 0 Å². The number of anilines is 2. The van der Waals surface area contributed by atoms with Gasteiger partial charge in [0.2, 0.25) is 5.95 Å². The normalized spacial score (nSPS) is 14.6. The minimum Gasteiger partial charge on any atom is -0.444 e. The number of nitrogens with zero attached hydrogens (tertiary/aromatic N) is 6. The Labute approximate surface area is 226 Å². The molecule has 11 heteroatoms. The van der Waals surface area contributed by atoms with Crippen LogP contribution >= 0.6 is 11.6 Å². The minimum atomic E-state index is -0.485. The van der Waals surface area contributed by atoms with Crippen LogP contribution in [0.5, 0.6) is 0 Å². The van der Waals surface area contributed by atoms with E-state index in [1.54, 1.807) is 17.2 Å². The van der Waals surface area contributed by atoms with Crippen molar-refractivity contribution in [1.82, 2.24) is 34.7 Å². The number of amides is 1. The van der Waals surface area contributed by atoms with Crippen LogP contribution in [0, 0.1) is 6.92 Å². The van der Waals surface area contributed by atoms with Crippen LogP contribution in [-0.2, 0) is 11.3 Å². The van der Waals surface area contributed by atoms with Gasteiger partial charge in [-0.3, -0.25) is 4.90 Å². The fourth-order valence-electron chi connectivity index (χ4n) is 4.34. The molecule has 3 aromatic heterocycles. The summed E-state index contributed by atoms with van der Waals surface area (Å²) in [5.41, 5.74) is 4.02. The van der Waals surface area contributed by atoms with E-state index >= 15 is 0 Å². The number of ether oxygens (including phenoxy) is 1. The molecule has 0 spiro atoms. The number of carbonyl (C=O) groups excluding carboxylic acids is 1. The minimum absolute atomic E-state index is 0.249. The molecule has 0 unspecified atom stereocenters. The third-order valence-corrected chi connectivity index (χ3v) is 6.28. The van der Waals surface area contributed by atoms with Crippen molar-refractivity contribution in [2.24, 2.45) is 0 Å². The van der Waals surface area contributed by atoms with Crippen LogP contribution in [0.2, 0.25) is 5.15 Å². The molecule has 1 fully saturated rings. The van der Waals surface area contributed by atoms with Crippen LogP contribution < -0.4 is 5.32 Å². The molecule has 0 radical (unpaired) electrons. The summed E-state index contributed by atoms with van der Waals surface area (Å²) in [7, 11) is 0. The Kier molecular flexibility index (Phi) is 7.18. The second-order valence-electron chi connectivity index (χ2n) is 10.4. The molecule has 0 bridgehead atoms. The predicted octanol–water partition coefficient (Wildman–Crippen LogP) is 5.17. The summed E-state index contributed by atoms with van der Waals surface area (Å²) in [4.78, 5) is 37.5. The average Bonchev–Trinajstić information content (AvgIpc) is 3.24. The Bertz CT molecular complexity index is 1440. The number of fused-ring (bicyclic) bond motifs is 1. The van der Waals surface area contributed by atoms with Gasteiger partial charge >= 0.3 is 6.09 Å². The van der Waals surface area contributed by atoms with Gasteiger partial charge in [-0.15, -0.1) is 0 Å². The van der Waals surface area contributed by atoms with Crippen molar-refractivity contribution in [2.45, 2.75) is 39.8 Å². The standard InChI is InChI=1S/C27H31ClN8O2/c1-17-30-21(15-23(28)31-17)19-5-6-20-22(14-19)33-25(32-20)34-24-13-18(7-8-29-24)16-35-9-11-36(12-10-35)26(37)38-27(2,3)4/h5-8,13-15H,9-12,16H2,1-4H3,(H2,29,32,33,34). The van der Waals surface area contributed by atoms with E-state index in [9.17, 15) is 4.79 Å². The molecule has 4 aromatic rings. The molecule has 0 saturated carbocycles. The number of nitrogens with one attached hydrogen (secondary N) is 2. The number of hydrogen-bond donors (Lipinski definition) is 2. The van der Waals surface area contributed by atoms with Gasteiger partial charge in [0.1, 0.15) is 22.4 Å². The summed E-state index contributed by atoms with van der Waals surface area (Å²) in [6.07, 6.45) is 1.54. The van der Waals surface area contributed by atoms with Gasteiger partial charge in [-0.1, -0.05) is 17.7 Å². The molecule has 1 saturated heterocycles. The van der Waals surface area contributed by atoms with E-state index in [0.29, 0.717) is 35.8 Å². The molecule has 4 heterocycles. The van der Waals surface area contributed by atoms with Gasteiger partial charge in [0.15, 0.2) is 0 Å². The van der Waals surface area contributed by atoms with Gasteiger partial charge in [-0.05, 0) is 57.5 Å². The third kappa shape index (κ3) is 6.38. The third-order valence-electron chi connectivity index (χ3n) is 6.09. The van der Waals surface area contributed by atoms with Crippen molar-refractivity contribution in [2.75, 3.05) is 31.5 Å². The van der Waals surface area contributed by atoms with Crippen LogP contribution in [0.25, 0.3) is 22.3 Å². The van der Waals surface area contributed by atoms with Crippen molar-refractivity contribution in [3.05, 3.63) is 59.1 Å². The van der Waals surface area contributed by atoms with Crippen LogP contribution in [0.1, 0.15) is 32.2 Å². The van der Waals surface area contributed by atoms with Crippen LogP contribution in [0.4, 0.5) is 16.6 Å². The molecule has 0 aliphatic carbocycles. The number of halogens is 1. The highest BCUT2D eigenvalue weighted by Gasteiger charge is 2.25. The molecule has 1 amide bonds. The Morgan fingerprint density at radius 3 is 2.61 bits per heavy atom. The molecule has 1 aromatic carbocycles. The number of piperazine rings is 1. The molecule has 198 valence electrons. The predicted molar refractivity (Wildman–Crippen MR) is 147 cm³/mol. The monoisotopic (exact) mass is 534 g/mol. The summed E-state index contributed by atoms with van der Waals surface area (Å²) in [6, 6.07) is 11.7. The zero-order chi connectivity index (χ0) is 26.9. The summed E-state index contributed by atoms with van der Waals surface area (Å²) in [6.45, 7) is 11.1. The van der Waals surface area contributed by atoms with E-state index in [2.05, 4.69) is 35.1 Å². The van der Waals surface area contributed by atoms with E-state index in [1.807, 2.05) is 58.0 Å². The second-order valence-corrected chi connectivity index (χ2v) is 10.7. The molecule has 1 aliphatic heterocycles. The van der Waals surface area contributed by atoms with Gasteiger partial charge in [0.05, 0.1) is 16.7 Å². The fourth-order valence-corrected chi connectivity index (χ4v) is 4.57. The molecular weight excluding hydrogens is 504 g/mol. The van der Waals surface area contributed by atoms with Crippen molar-refractivity contribution in [3.8, 4) is 11.3 Å². The number of pyridine rings is 1. The van der Waals surface area contributed by atoms with E-state index in [0.717, 1.165) is 47.5 Å². The maximum atomic E-state index is 12.3. The summed E-state index contributed by atoms with van der Waals surface area (Å²) in [5, 5.41) is 3.69. The van der Waals surface area contributed by atoms with E-state index in [1.165, 1.54) is 0 Å². The van der Waals surface area contributed by atoms with Crippen LogP contribution in [-0.4, -0.2) is 72.6 Å². The lowest BCUT2D eigenvalue weighted by molar-refractivity contribution is 0.0139. The maximum absolute atomic E-state index is 12.3. The smallest absolute Gasteiger partial charge is 0.410 e. The number of imidazole rings is 1. The first kappa shape index (κ1) is 25.9. The van der Waals surface area contributed by atoms with Crippen molar-refractivity contribution < 1.29 is 9.53 Å². The SMILES string of the molecule is Cc1nc(Cl)cc(-c2ccc3nc(Nc4cc(CN5CCN(C(=O)OC(C)(C)C)CC5)ccn4)[nH]c3c2)n1. The molecule has 1 aliphatic rings. The van der Waals surface area contributed by atoms with E-state index in [4.69, 9.17) is 16.3 Å². The first-order valence-corrected chi connectivity index (χ1v) is 12.9. The van der Waals surface area contributed by atoms with E-state index < -0.39 is 5.60 Å². The lowest BCUT2D eigenvalue weighted by Crippen LogP contribution is -2.49. The van der Waals surface area contributed by atoms with Gasteiger partial charge in [-0.2, -0.15) is 0 Å². The molecule has 0 atom stereocenters. The van der Waals surface area contributed by atoms with E-state index in [-0.39, 0.29) is 6.09 Å². The Balaban J connectivity index is 1.22. The maximum Gasteiger partial charge on any atom is 0.410 e. The first-order valence-electron chi connectivity index (χ1n) is 12.5. The zero-order valence-corrected chi connectivity index (χ0v) is 22.7. The number of aryl methyl sites for hydroxylation is 1. The lowest BCUT2D eigenvalue weighted by Gasteiger charge is -2.35. The number of aromatic amines is 1. The highest BCUT2D eigenvalue weighted by Crippen LogP contribution is 2.25. The number of rotatable bonds is 5. The number of benzene rings is 1. The quantitative estimate of drug-likeness (QED) is 0.337. The van der Waals surface area contributed by atoms with Crippen LogP contribution in [0.3, 0.4) is 0 Å². The number of H-pyrrole nitrogens is 1. The summed E-state index contributed by atoms with van der Waals surface area (Å²) >= 11 is 6.11. The Morgan fingerprint density at radius 1 is 1.08 bits per heavy atom. The summed E-state index contributed by atoms with van der Waals surface area (Å²) in [5.74, 6) is 1.92. The molecule has 2 N–H and O–H groups in total. The highest BCUT2D eigenvalue weighted by molar-refractivity contribution is 6.29. The average molecular weight is 535 g/mol. The van der Waals surface area contributed by atoms with Gasteiger partial charge in [0.25, 0.3) is 0 Å². The molecule has 10 nitrogen and oxygen atoms in total. The second kappa shape index (κ2) is 10.5. The summed E-state index contributed by atoms with van der Waals surface area (Å²) < 4.78 is 5.50. The lowest BCUT2D eigenvalue weighted by atomic mass is 10.1. The number of hydrogen-bond acceptors (Lipinski definition) is 8. The van der Waals surface area contributed by atoms with Crippen LogP contribution in [0.15, 0.2) is 42.6 Å². The largest absolute Gasteiger partial charge is 0.444 e. The molecular formula is C27H31ClN8O2.